The molecule has 1 atom stereocenters. The predicted octanol–water partition coefficient (Wildman–Crippen LogP) is 2.61. The van der Waals surface area contributed by atoms with Gasteiger partial charge in [-0.25, -0.2) is 0 Å². The zero-order valence-electron chi connectivity index (χ0n) is 8.61. The van der Waals surface area contributed by atoms with E-state index in [-0.39, 0.29) is 0 Å². The second-order valence-electron chi connectivity index (χ2n) is 2.72. The number of aliphatic hydroxyl groups is 1. The van der Waals surface area contributed by atoms with Crippen molar-refractivity contribution >= 4 is 17.3 Å². The second-order valence-corrected chi connectivity index (χ2v) is 3.40. The first-order valence-corrected chi connectivity index (χ1v) is 5.48. The molecule has 0 aromatic rings. The lowest BCUT2D eigenvalue weighted by Crippen LogP contribution is -2.01. The highest BCUT2D eigenvalue weighted by Crippen LogP contribution is 2.08. The van der Waals surface area contributed by atoms with Crippen LogP contribution in [0.5, 0.6) is 0 Å². The summed E-state index contributed by atoms with van der Waals surface area (Å²) in [7, 11) is 0. The first-order valence-electron chi connectivity index (χ1n) is 4.19. The highest BCUT2D eigenvalue weighted by atomic mass is 32.2. The summed E-state index contributed by atoms with van der Waals surface area (Å²) in [5.74, 6) is 0. The molecular weight excluding hydrogens is 182 g/mol. The number of thioether (sulfide) groups is 1. The minimum Gasteiger partial charge on any atom is -0.389 e. The third-order valence-corrected chi connectivity index (χ3v) is 1.87. The van der Waals surface area contributed by atoms with E-state index in [4.69, 9.17) is 0 Å². The van der Waals surface area contributed by atoms with Gasteiger partial charge >= 0.3 is 0 Å². The molecule has 0 fully saturated rings. The van der Waals surface area contributed by atoms with Gasteiger partial charge in [0.25, 0.3) is 0 Å². The van der Waals surface area contributed by atoms with Crippen molar-refractivity contribution in [1.82, 2.24) is 0 Å². The lowest BCUT2D eigenvalue weighted by atomic mass is 10.1. The average molecular weight is 199 g/mol. The first-order chi connectivity index (χ1) is 6.11. The van der Waals surface area contributed by atoms with Crippen molar-refractivity contribution < 1.29 is 5.11 Å². The molecule has 0 bridgehead atoms. The Morgan fingerprint density at radius 2 is 2.15 bits per heavy atom. The van der Waals surface area contributed by atoms with Gasteiger partial charge in [-0.1, -0.05) is 6.08 Å². The summed E-state index contributed by atoms with van der Waals surface area (Å²) in [6.07, 6.45) is 5.31. The number of nitrogens with zero attached hydrogens (tertiary/aromatic N) is 1. The SMILES string of the molecule is C/C=C(\C=C(/C)N=CSC)C(C)O. The molecule has 1 unspecified atom stereocenters. The van der Waals surface area contributed by atoms with Gasteiger partial charge < -0.3 is 5.11 Å². The molecule has 13 heavy (non-hydrogen) atoms. The highest BCUT2D eigenvalue weighted by Gasteiger charge is 1.99. The molecular formula is C10H17NOS. The monoisotopic (exact) mass is 199 g/mol. The Labute approximate surface area is 84.5 Å². The summed E-state index contributed by atoms with van der Waals surface area (Å²) in [5.41, 5.74) is 3.58. The van der Waals surface area contributed by atoms with E-state index >= 15 is 0 Å². The molecule has 3 heteroatoms. The van der Waals surface area contributed by atoms with Crippen molar-refractivity contribution in [2.45, 2.75) is 26.9 Å². The summed E-state index contributed by atoms with van der Waals surface area (Å²) in [5, 5.41) is 9.32. The molecule has 1 N–H and O–H groups in total. The van der Waals surface area contributed by atoms with E-state index in [1.165, 1.54) is 0 Å². The maximum absolute atomic E-state index is 9.32. The van der Waals surface area contributed by atoms with Gasteiger partial charge in [-0.2, -0.15) is 0 Å². The van der Waals surface area contributed by atoms with Gasteiger partial charge in [0, 0.05) is 5.70 Å². The van der Waals surface area contributed by atoms with Crippen LogP contribution >= 0.6 is 11.8 Å². The molecule has 0 saturated carbocycles. The Hall–Kier alpha value is -0.540. The molecule has 2 nitrogen and oxygen atoms in total. The Balaban J connectivity index is 4.44. The van der Waals surface area contributed by atoms with Crippen LogP contribution in [0.15, 0.2) is 28.4 Å². The Kier molecular flexibility index (Phi) is 6.63. The van der Waals surface area contributed by atoms with Crippen molar-refractivity contribution in [1.29, 1.82) is 0 Å². The molecule has 0 saturated heterocycles. The van der Waals surface area contributed by atoms with Gasteiger partial charge in [-0.3, -0.25) is 4.99 Å². The standard InChI is InChI=1S/C10H17NOS/c1-5-10(9(3)12)6-8(2)11-7-13-4/h5-7,9,12H,1-4H3/b8-6+,10-5+,11-7?. The fourth-order valence-corrected chi connectivity index (χ4v) is 1.13. The van der Waals surface area contributed by atoms with Crippen LogP contribution in [0.25, 0.3) is 0 Å². The Bertz CT molecular complexity index is 229. The van der Waals surface area contributed by atoms with E-state index in [1.54, 1.807) is 24.2 Å². The predicted molar refractivity (Wildman–Crippen MR) is 61.2 cm³/mol. The zero-order chi connectivity index (χ0) is 10.3. The van der Waals surface area contributed by atoms with Crippen LogP contribution in [0.2, 0.25) is 0 Å². The fourth-order valence-electron chi connectivity index (χ4n) is 0.859. The lowest BCUT2D eigenvalue weighted by Gasteiger charge is -2.04. The van der Waals surface area contributed by atoms with E-state index in [0.29, 0.717) is 0 Å². The Morgan fingerprint density at radius 3 is 2.54 bits per heavy atom. The highest BCUT2D eigenvalue weighted by molar-refractivity contribution is 8.11. The molecule has 0 heterocycles. The van der Waals surface area contributed by atoms with Gasteiger partial charge in [0.1, 0.15) is 0 Å². The van der Waals surface area contributed by atoms with Crippen LogP contribution in [0, 0.1) is 0 Å². The zero-order valence-corrected chi connectivity index (χ0v) is 9.43. The lowest BCUT2D eigenvalue weighted by molar-refractivity contribution is 0.235. The minimum atomic E-state index is -0.426. The van der Waals surface area contributed by atoms with Crippen molar-refractivity contribution in [3.63, 3.8) is 0 Å². The van der Waals surface area contributed by atoms with E-state index in [9.17, 15) is 5.11 Å². The summed E-state index contributed by atoms with van der Waals surface area (Å²) >= 11 is 1.56. The summed E-state index contributed by atoms with van der Waals surface area (Å²) < 4.78 is 0. The van der Waals surface area contributed by atoms with Crippen LogP contribution in [-0.2, 0) is 0 Å². The molecule has 0 amide bonds. The minimum absolute atomic E-state index is 0.426. The van der Waals surface area contributed by atoms with Crippen molar-refractivity contribution in [2.24, 2.45) is 4.99 Å². The first kappa shape index (κ1) is 12.5. The molecule has 74 valence electrons. The van der Waals surface area contributed by atoms with E-state index in [0.717, 1.165) is 11.3 Å². The maximum Gasteiger partial charge on any atom is 0.0759 e. The van der Waals surface area contributed by atoms with Gasteiger partial charge in [-0.15, -0.1) is 11.8 Å². The molecule has 0 radical (unpaired) electrons. The summed E-state index contributed by atoms with van der Waals surface area (Å²) in [6, 6.07) is 0. The average Bonchev–Trinajstić information content (AvgIpc) is 2.10. The number of aliphatic hydroxyl groups excluding tert-OH is 1. The third-order valence-electron chi connectivity index (χ3n) is 1.55. The molecule has 0 rings (SSSR count). The van der Waals surface area contributed by atoms with Crippen LogP contribution < -0.4 is 0 Å². The van der Waals surface area contributed by atoms with E-state index in [1.807, 2.05) is 32.3 Å². The number of hydrogen-bond acceptors (Lipinski definition) is 3. The quantitative estimate of drug-likeness (QED) is 0.429. The van der Waals surface area contributed by atoms with Crippen LogP contribution in [0.4, 0.5) is 0 Å². The second kappa shape index (κ2) is 6.92. The van der Waals surface area contributed by atoms with Crippen molar-refractivity contribution in [2.75, 3.05) is 6.26 Å². The van der Waals surface area contributed by atoms with Crippen LogP contribution in [-0.4, -0.2) is 23.0 Å². The van der Waals surface area contributed by atoms with Gasteiger partial charge in [0.05, 0.1) is 11.7 Å². The molecule has 0 aromatic heterocycles. The van der Waals surface area contributed by atoms with Crippen molar-refractivity contribution in [3.05, 3.63) is 23.4 Å². The number of aliphatic imine (C=N–C) groups is 1. The molecule has 0 aliphatic heterocycles. The topological polar surface area (TPSA) is 32.6 Å². The molecule has 0 aromatic carbocycles. The van der Waals surface area contributed by atoms with Gasteiger partial charge in [-0.05, 0) is 38.7 Å². The molecule has 0 aliphatic carbocycles. The number of rotatable bonds is 4. The van der Waals surface area contributed by atoms with Gasteiger partial charge in [0.2, 0.25) is 0 Å². The van der Waals surface area contributed by atoms with Crippen LogP contribution in [0.3, 0.4) is 0 Å². The maximum atomic E-state index is 9.32. The Morgan fingerprint density at radius 1 is 1.54 bits per heavy atom. The third kappa shape index (κ3) is 5.66. The normalized spacial score (nSPS) is 16.7. The summed E-state index contributed by atoms with van der Waals surface area (Å²) in [4.78, 5) is 4.16. The fraction of sp³-hybridized carbons (Fsp3) is 0.500. The van der Waals surface area contributed by atoms with E-state index < -0.39 is 6.10 Å². The largest absolute Gasteiger partial charge is 0.389 e. The smallest absolute Gasteiger partial charge is 0.0759 e. The summed E-state index contributed by atoms with van der Waals surface area (Å²) in [6.45, 7) is 5.57. The molecule has 0 spiro atoms. The van der Waals surface area contributed by atoms with E-state index in [2.05, 4.69) is 4.99 Å². The number of allylic oxidation sites excluding steroid dienone is 2. The molecule has 0 aliphatic rings. The number of hydrogen-bond donors (Lipinski definition) is 1. The van der Waals surface area contributed by atoms with Crippen molar-refractivity contribution in [3.8, 4) is 0 Å². The van der Waals surface area contributed by atoms with Gasteiger partial charge in [0.15, 0.2) is 0 Å². The van der Waals surface area contributed by atoms with Crippen LogP contribution in [0.1, 0.15) is 20.8 Å².